The number of aromatic nitrogens is 2. The van der Waals surface area contributed by atoms with E-state index < -0.39 is 23.4 Å². The molecule has 2 aliphatic rings. The van der Waals surface area contributed by atoms with Crippen LogP contribution < -0.4 is 5.32 Å². The normalized spacial score (nSPS) is 17.4. The Balaban J connectivity index is 1.29. The third-order valence-electron chi connectivity index (χ3n) is 5.94. The molecule has 1 atom stereocenters. The Morgan fingerprint density at radius 2 is 1.76 bits per heavy atom. The smallest absolute Gasteiger partial charge is 0.290 e. The number of piperazine rings is 1. The van der Waals surface area contributed by atoms with Gasteiger partial charge >= 0.3 is 0 Å². The zero-order valence-corrected chi connectivity index (χ0v) is 17.5. The van der Waals surface area contributed by atoms with Crippen LogP contribution in [0.5, 0.6) is 0 Å². The van der Waals surface area contributed by atoms with Crippen molar-refractivity contribution in [1.29, 1.82) is 0 Å². The van der Waals surface area contributed by atoms with Gasteiger partial charge < -0.3 is 19.5 Å². The molecule has 2 aliphatic heterocycles. The van der Waals surface area contributed by atoms with Gasteiger partial charge in [0.05, 0.1) is 24.0 Å². The Morgan fingerprint density at radius 1 is 1.03 bits per heavy atom. The summed E-state index contributed by atoms with van der Waals surface area (Å²) in [7, 11) is 0. The largest absolute Gasteiger partial charge is 0.443 e. The first-order valence-electron chi connectivity index (χ1n) is 10.5. The van der Waals surface area contributed by atoms with Crippen molar-refractivity contribution in [2.24, 2.45) is 0 Å². The molecule has 1 saturated heterocycles. The highest BCUT2D eigenvalue weighted by molar-refractivity contribution is 6.38. The lowest BCUT2D eigenvalue weighted by Gasteiger charge is -2.34. The van der Waals surface area contributed by atoms with E-state index in [1.54, 1.807) is 29.2 Å². The highest BCUT2D eigenvalue weighted by atomic mass is 19.1. The fourth-order valence-electron chi connectivity index (χ4n) is 4.24. The van der Waals surface area contributed by atoms with E-state index in [2.05, 4.69) is 15.3 Å². The van der Waals surface area contributed by atoms with Crippen molar-refractivity contribution in [1.82, 2.24) is 19.8 Å². The van der Waals surface area contributed by atoms with Crippen molar-refractivity contribution in [2.75, 3.05) is 38.0 Å². The number of hydrogen-bond donors (Lipinski definition) is 1. The third kappa shape index (κ3) is 3.73. The zero-order chi connectivity index (χ0) is 22.9. The van der Waals surface area contributed by atoms with Crippen LogP contribution in [0.3, 0.4) is 0 Å². The van der Waals surface area contributed by atoms with Gasteiger partial charge in [-0.3, -0.25) is 14.4 Å². The van der Waals surface area contributed by atoms with Gasteiger partial charge in [0.25, 0.3) is 11.8 Å². The Kier molecular flexibility index (Phi) is 5.33. The monoisotopic (exact) mass is 449 g/mol. The van der Waals surface area contributed by atoms with Crippen molar-refractivity contribution in [2.45, 2.75) is 5.92 Å². The van der Waals surface area contributed by atoms with E-state index in [-0.39, 0.29) is 42.7 Å². The standard InChI is InChI=1S/C23H20FN5O4/c24-16-13-27-19(21-25-6-11-33-21)18-17(16)15(12-26-18)20(30)23(32)29-9-7-28(8-10-29)22(31)14-4-2-1-3-5-14/h1-6,11,13,15,26H,7-10,12H2. The van der Waals surface area contributed by atoms with Crippen molar-refractivity contribution in [3.05, 3.63) is 65.9 Å². The summed E-state index contributed by atoms with van der Waals surface area (Å²) in [4.78, 5) is 49.7. The van der Waals surface area contributed by atoms with E-state index in [1.807, 2.05) is 6.07 Å². The van der Waals surface area contributed by atoms with Gasteiger partial charge in [-0.05, 0) is 12.1 Å². The van der Waals surface area contributed by atoms with Crippen LogP contribution in [-0.2, 0) is 9.59 Å². The molecule has 168 valence electrons. The highest BCUT2D eigenvalue weighted by Gasteiger charge is 2.40. The van der Waals surface area contributed by atoms with Gasteiger partial charge in [0.2, 0.25) is 11.7 Å². The van der Waals surface area contributed by atoms with Gasteiger partial charge in [-0.25, -0.2) is 14.4 Å². The summed E-state index contributed by atoms with van der Waals surface area (Å²) < 4.78 is 19.9. The van der Waals surface area contributed by atoms with Crippen LogP contribution in [-0.4, -0.2) is 70.1 Å². The number of nitrogens with one attached hydrogen (secondary N) is 1. The molecule has 1 aromatic carbocycles. The number of oxazole rings is 1. The SMILES string of the molecule is O=C(C(=O)N1CCN(C(=O)c2ccccc2)CC1)C1CNc2c(-c3ncco3)ncc(F)c21. The van der Waals surface area contributed by atoms with E-state index in [0.29, 0.717) is 24.3 Å². The molecule has 0 saturated carbocycles. The fraction of sp³-hybridized carbons (Fsp3) is 0.261. The van der Waals surface area contributed by atoms with Crippen LogP contribution in [0.1, 0.15) is 21.8 Å². The first-order chi connectivity index (χ1) is 16.0. The van der Waals surface area contributed by atoms with Crippen LogP contribution in [0.15, 0.2) is 53.4 Å². The second-order valence-electron chi connectivity index (χ2n) is 7.83. The number of carbonyl (C=O) groups excluding carboxylic acids is 3. The number of fused-ring (bicyclic) bond motifs is 1. The molecule has 2 amide bonds. The van der Waals surface area contributed by atoms with Crippen LogP contribution >= 0.6 is 0 Å². The topological polar surface area (TPSA) is 109 Å². The molecular formula is C23H20FN5O4. The van der Waals surface area contributed by atoms with Crippen LogP contribution in [0.4, 0.5) is 10.1 Å². The van der Waals surface area contributed by atoms with Crippen molar-refractivity contribution < 1.29 is 23.2 Å². The number of nitrogens with zero attached hydrogens (tertiary/aromatic N) is 4. The number of hydrogen-bond acceptors (Lipinski definition) is 7. The summed E-state index contributed by atoms with van der Waals surface area (Å²) in [5.41, 5.74) is 1.26. The molecule has 3 aromatic rings. The van der Waals surface area contributed by atoms with E-state index in [1.165, 1.54) is 17.4 Å². The number of ketones is 1. The Bertz CT molecular complexity index is 1210. The molecule has 0 spiro atoms. The number of amides is 2. The second kappa shape index (κ2) is 8.45. The average Bonchev–Trinajstić information content (AvgIpc) is 3.55. The van der Waals surface area contributed by atoms with Gasteiger partial charge in [0, 0.05) is 43.9 Å². The fourth-order valence-corrected chi connectivity index (χ4v) is 4.24. The van der Waals surface area contributed by atoms with E-state index >= 15 is 0 Å². The number of pyridine rings is 1. The molecule has 1 N–H and O–H groups in total. The predicted molar refractivity (Wildman–Crippen MR) is 115 cm³/mol. The second-order valence-corrected chi connectivity index (χ2v) is 7.83. The quantitative estimate of drug-likeness (QED) is 0.607. The molecule has 1 fully saturated rings. The molecule has 33 heavy (non-hydrogen) atoms. The minimum Gasteiger partial charge on any atom is -0.443 e. The lowest BCUT2D eigenvalue weighted by molar-refractivity contribution is -0.146. The van der Waals surface area contributed by atoms with Gasteiger partial charge in [0.1, 0.15) is 17.8 Å². The van der Waals surface area contributed by atoms with Gasteiger partial charge in [0.15, 0.2) is 0 Å². The first kappa shape index (κ1) is 20.8. The number of Topliss-reactive ketones (excluding diaryl/α,β-unsaturated/α-hetero) is 1. The van der Waals surface area contributed by atoms with Crippen molar-refractivity contribution in [3.63, 3.8) is 0 Å². The molecule has 9 nitrogen and oxygen atoms in total. The van der Waals surface area contributed by atoms with Crippen LogP contribution in [0, 0.1) is 5.82 Å². The summed E-state index contributed by atoms with van der Waals surface area (Å²) in [6.07, 6.45) is 3.82. The molecule has 2 aromatic heterocycles. The molecule has 0 radical (unpaired) electrons. The number of halogens is 1. The molecule has 10 heteroatoms. The Hall–Kier alpha value is -4.08. The number of benzene rings is 1. The van der Waals surface area contributed by atoms with Crippen LogP contribution in [0.2, 0.25) is 0 Å². The maximum Gasteiger partial charge on any atom is 0.290 e. The Morgan fingerprint density at radius 3 is 2.45 bits per heavy atom. The zero-order valence-electron chi connectivity index (χ0n) is 17.5. The number of carbonyl (C=O) groups is 3. The molecule has 0 bridgehead atoms. The number of anilines is 1. The van der Waals surface area contributed by atoms with Gasteiger partial charge in [-0.1, -0.05) is 18.2 Å². The highest BCUT2D eigenvalue weighted by Crippen LogP contribution is 2.39. The maximum absolute atomic E-state index is 14.7. The Labute approximate surface area is 188 Å². The van der Waals surface area contributed by atoms with Crippen molar-refractivity contribution in [3.8, 4) is 11.6 Å². The molecule has 5 rings (SSSR count). The molecule has 4 heterocycles. The maximum atomic E-state index is 14.7. The van der Waals surface area contributed by atoms with Gasteiger partial charge in [-0.15, -0.1) is 0 Å². The van der Waals surface area contributed by atoms with E-state index in [0.717, 1.165) is 6.20 Å². The predicted octanol–water partition coefficient (Wildman–Crippen LogP) is 1.94. The lowest BCUT2D eigenvalue weighted by Crippen LogP contribution is -2.52. The molecular weight excluding hydrogens is 429 g/mol. The summed E-state index contributed by atoms with van der Waals surface area (Å²) in [6, 6.07) is 8.90. The minimum absolute atomic E-state index is 0.0721. The lowest BCUT2D eigenvalue weighted by atomic mass is 9.95. The third-order valence-corrected chi connectivity index (χ3v) is 5.94. The van der Waals surface area contributed by atoms with Crippen molar-refractivity contribution >= 4 is 23.3 Å². The van der Waals surface area contributed by atoms with Crippen LogP contribution in [0.25, 0.3) is 11.6 Å². The average molecular weight is 449 g/mol. The van der Waals surface area contributed by atoms with Gasteiger partial charge in [-0.2, -0.15) is 0 Å². The summed E-state index contributed by atoms with van der Waals surface area (Å²) in [6.45, 7) is 1.17. The summed E-state index contributed by atoms with van der Waals surface area (Å²) >= 11 is 0. The van der Waals surface area contributed by atoms with E-state index in [9.17, 15) is 18.8 Å². The number of rotatable bonds is 4. The summed E-state index contributed by atoms with van der Waals surface area (Å²) in [5, 5.41) is 2.98. The first-order valence-corrected chi connectivity index (χ1v) is 10.5. The minimum atomic E-state index is -0.979. The molecule has 1 unspecified atom stereocenters. The molecule has 0 aliphatic carbocycles. The van der Waals surface area contributed by atoms with E-state index in [4.69, 9.17) is 4.42 Å². The summed E-state index contributed by atoms with van der Waals surface area (Å²) in [5.74, 6) is -2.96.